The quantitative estimate of drug-likeness (QED) is 0.536. The molecule has 0 aliphatic rings. The summed E-state index contributed by atoms with van der Waals surface area (Å²) >= 11 is 0. The Hall–Kier alpha value is -3.21. The Labute approximate surface area is 139 Å². The molecule has 5 nitrogen and oxygen atoms in total. The number of fused-ring (bicyclic) bond motifs is 1. The molecule has 3 aromatic rings. The Morgan fingerprint density at radius 1 is 1.25 bits per heavy atom. The van der Waals surface area contributed by atoms with Gasteiger partial charge < -0.3 is 4.74 Å². The van der Waals surface area contributed by atoms with E-state index in [1.165, 1.54) is 4.68 Å². The molecule has 3 rings (SSSR count). The van der Waals surface area contributed by atoms with Gasteiger partial charge in [-0.3, -0.25) is 4.79 Å². The molecule has 0 N–H and O–H groups in total. The van der Waals surface area contributed by atoms with Crippen molar-refractivity contribution < 1.29 is 4.74 Å². The second-order valence-electron chi connectivity index (χ2n) is 5.21. The molecule has 0 amide bonds. The van der Waals surface area contributed by atoms with Crippen LogP contribution in [0.3, 0.4) is 0 Å². The van der Waals surface area contributed by atoms with E-state index in [1.54, 1.807) is 25.3 Å². The summed E-state index contributed by atoms with van der Waals surface area (Å²) in [7, 11) is 0. The van der Waals surface area contributed by atoms with Crippen molar-refractivity contribution in [2.75, 3.05) is 6.61 Å². The van der Waals surface area contributed by atoms with Gasteiger partial charge in [-0.05, 0) is 36.8 Å². The predicted octanol–water partition coefficient (Wildman–Crippen LogP) is 3.15. The number of ether oxygens (including phenoxy) is 1. The third kappa shape index (κ3) is 3.25. The zero-order valence-electron chi connectivity index (χ0n) is 13.3. The molecular weight excluding hydrogens is 302 g/mol. The maximum Gasteiger partial charge on any atom is 0.282 e. The minimum atomic E-state index is -0.187. The number of nitrogens with zero attached hydrogens (tertiary/aromatic N) is 3. The molecular formula is C19H17N3O2. The van der Waals surface area contributed by atoms with Crippen molar-refractivity contribution in [1.29, 1.82) is 0 Å². The minimum absolute atomic E-state index is 0.187. The Morgan fingerprint density at radius 2 is 2.08 bits per heavy atom. The molecule has 0 radical (unpaired) electrons. The Kier molecular flexibility index (Phi) is 4.52. The average molecular weight is 319 g/mol. The molecule has 0 unspecified atom stereocenters. The van der Waals surface area contributed by atoms with Crippen molar-refractivity contribution in [2.45, 2.75) is 6.92 Å². The molecule has 120 valence electrons. The van der Waals surface area contributed by atoms with Crippen molar-refractivity contribution in [1.82, 2.24) is 9.66 Å². The van der Waals surface area contributed by atoms with E-state index >= 15 is 0 Å². The Balaban J connectivity index is 1.96. The molecule has 24 heavy (non-hydrogen) atoms. The van der Waals surface area contributed by atoms with Gasteiger partial charge in [0.25, 0.3) is 5.56 Å². The minimum Gasteiger partial charge on any atom is -0.490 e. The van der Waals surface area contributed by atoms with Crippen LogP contribution in [0.15, 0.2) is 71.1 Å². The van der Waals surface area contributed by atoms with Crippen molar-refractivity contribution in [3.63, 3.8) is 0 Å². The van der Waals surface area contributed by atoms with Crippen LogP contribution in [0, 0.1) is 6.92 Å². The highest BCUT2D eigenvalue weighted by atomic mass is 16.5. The molecule has 0 aliphatic heterocycles. The molecule has 1 heterocycles. The average Bonchev–Trinajstić information content (AvgIpc) is 2.60. The Bertz CT molecular complexity index is 974. The van der Waals surface area contributed by atoms with E-state index in [1.807, 2.05) is 42.5 Å². The lowest BCUT2D eigenvalue weighted by atomic mass is 10.2. The van der Waals surface area contributed by atoms with Gasteiger partial charge in [-0.2, -0.15) is 9.78 Å². The molecule has 0 spiro atoms. The van der Waals surface area contributed by atoms with Gasteiger partial charge in [0.15, 0.2) is 0 Å². The normalized spacial score (nSPS) is 11.0. The topological polar surface area (TPSA) is 56.5 Å². The number of aryl methyl sites for hydroxylation is 1. The van der Waals surface area contributed by atoms with Crippen molar-refractivity contribution in [2.24, 2.45) is 5.10 Å². The first kappa shape index (κ1) is 15.7. The van der Waals surface area contributed by atoms with E-state index < -0.39 is 0 Å². The van der Waals surface area contributed by atoms with Crippen LogP contribution in [-0.4, -0.2) is 22.5 Å². The van der Waals surface area contributed by atoms with Gasteiger partial charge in [-0.15, -0.1) is 0 Å². The third-order valence-electron chi connectivity index (χ3n) is 3.46. The lowest BCUT2D eigenvalue weighted by molar-refractivity contribution is 0.363. The van der Waals surface area contributed by atoms with E-state index in [9.17, 15) is 4.79 Å². The number of hydrogen-bond donors (Lipinski definition) is 0. The fourth-order valence-corrected chi connectivity index (χ4v) is 2.33. The largest absolute Gasteiger partial charge is 0.490 e. The SMILES string of the molecule is C=CCOc1cccc(/C=N\n2c(C)nc3ccccc3c2=O)c1. The molecule has 2 aromatic carbocycles. The van der Waals surface area contributed by atoms with Crippen LogP contribution >= 0.6 is 0 Å². The van der Waals surface area contributed by atoms with Crippen LogP contribution in [0.1, 0.15) is 11.4 Å². The molecule has 0 aliphatic carbocycles. The van der Waals surface area contributed by atoms with Crippen LogP contribution < -0.4 is 10.3 Å². The van der Waals surface area contributed by atoms with E-state index in [4.69, 9.17) is 4.74 Å². The van der Waals surface area contributed by atoms with Gasteiger partial charge in [0, 0.05) is 0 Å². The van der Waals surface area contributed by atoms with Crippen LogP contribution in [0.25, 0.3) is 10.9 Å². The smallest absolute Gasteiger partial charge is 0.282 e. The summed E-state index contributed by atoms with van der Waals surface area (Å²) in [5.41, 5.74) is 1.32. The maximum absolute atomic E-state index is 12.6. The first-order valence-corrected chi connectivity index (χ1v) is 7.55. The fourth-order valence-electron chi connectivity index (χ4n) is 2.33. The highest BCUT2D eigenvalue weighted by molar-refractivity contribution is 5.81. The standard InChI is InChI=1S/C19H17N3O2/c1-3-11-24-16-8-6-7-15(12-16)13-20-22-14(2)21-18-10-5-4-9-17(18)19(22)23/h3-10,12-13H,1,11H2,2H3/b20-13-. The second-order valence-corrected chi connectivity index (χ2v) is 5.21. The lowest BCUT2D eigenvalue weighted by Crippen LogP contribution is -2.20. The molecule has 0 bridgehead atoms. The molecule has 0 fully saturated rings. The summed E-state index contributed by atoms with van der Waals surface area (Å²) in [5.74, 6) is 1.26. The molecule has 0 atom stereocenters. The van der Waals surface area contributed by atoms with Crippen molar-refractivity contribution in [3.8, 4) is 5.75 Å². The summed E-state index contributed by atoms with van der Waals surface area (Å²) in [6, 6.07) is 14.7. The Morgan fingerprint density at radius 3 is 2.92 bits per heavy atom. The van der Waals surface area contributed by atoms with E-state index in [0.29, 0.717) is 23.3 Å². The highest BCUT2D eigenvalue weighted by Crippen LogP contribution is 2.12. The molecule has 1 aromatic heterocycles. The van der Waals surface area contributed by atoms with Gasteiger partial charge in [0.05, 0.1) is 17.1 Å². The monoisotopic (exact) mass is 319 g/mol. The second kappa shape index (κ2) is 6.91. The van der Waals surface area contributed by atoms with E-state index in [2.05, 4.69) is 16.7 Å². The first-order chi connectivity index (χ1) is 11.7. The van der Waals surface area contributed by atoms with Gasteiger partial charge >= 0.3 is 0 Å². The van der Waals surface area contributed by atoms with Gasteiger partial charge in [-0.1, -0.05) is 36.9 Å². The number of aromatic nitrogens is 2. The van der Waals surface area contributed by atoms with Crippen LogP contribution in [0.4, 0.5) is 0 Å². The highest BCUT2D eigenvalue weighted by Gasteiger charge is 2.06. The summed E-state index contributed by atoms with van der Waals surface area (Å²) in [5, 5.41) is 4.83. The summed E-state index contributed by atoms with van der Waals surface area (Å²) < 4.78 is 6.80. The summed E-state index contributed by atoms with van der Waals surface area (Å²) in [6.45, 7) is 5.82. The van der Waals surface area contributed by atoms with Crippen molar-refractivity contribution in [3.05, 3.63) is 82.9 Å². The molecule has 0 saturated carbocycles. The lowest BCUT2D eigenvalue weighted by Gasteiger charge is -2.06. The number of hydrogen-bond acceptors (Lipinski definition) is 4. The van der Waals surface area contributed by atoms with E-state index in [-0.39, 0.29) is 5.56 Å². The van der Waals surface area contributed by atoms with Gasteiger partial charge in [0.2, 0.25) is 0 Å². The summed E-state index contributed by atoms with van der Waals surface area (Å²) in [4.78, 5) is 17.0. The van der Waals surface area contributed by atoms with Crippen molar-refractivity contribution >= 4 is 17.1 Å². The number of benzene rings is 2. The predicted molar refractivity (Wildman–Crippen MR) is 95.9 cm³/mol. The zero-order valence-corrected chi connectivity index (χ0v) is 13.3. The third-order valence-corrected chi connectivity index (χ3v) is 3.46. The summed E-state index contributed by atoms with van der Waals surface area (Å²) in [6.07, 6.45) is 3.30. The molecule has 5 heteroatoms. The number of rotatable bonds is 5. The number of para-hydroxylation sites is 1. The van der Waals surface area contributed by atoms with Crippen LogP contribution in [0.5, 0.6) is 5.75 Å². The zero-order chi connectivity index (χ0) is 16.9. The van der Waals surface area contributed by atoms with E-state index in [0.717, 1.165) is 11.3 Å². The van der Waals surface area contributed by atoms with Crippen LogP contribution in [0.2, 0.25) is 0 Å². The van der Waals surface area contributed by atoms with Gasteiger partial charge in [0.1, 0.15) is 18.2 Å². The van der Waals surface area contributed by atoms with Crippen LogP contribution in [-0.2, 0) is 0 Å². The fraction of sp³-hybridized carbons (Fsp3) is 0.105. The van der Waals surface area contributed by atoms with Gasteiger partial charge in [-0.25, -0.2) is 4.98 Å². The molecule has 0 saturated heterocycles. The first-order valence-electron chi connectivity index (χ1n) is 7.55. The maximum atomic E-state index is 12.6.